The third-order valence-electron chi connectivity index (χ3n) is 4.26. The molecule has 0 aliphatic carbocycles. The molecular weight excluding hydrogens is 276 g/mol. The maximum Gasteiger partial charge on any atom is 0.133 e. The predicted octanol–water partition coefficient (Wildman–Crippen LogP) is 1.72. The highest BCUT2D eigenvalue weighted by atomic mass is 15.2. The Morgan fingerprint density at radius 1 is 1.18 bits per heavy atom. The van der Waals surface area contributed by atoms with Crippen LogP contribution in [0, 0.1) is 6.92 Å². The van der Waals surface area contributed by atoms with Gasteiger partial charge < -0.3 is 10.2 Å². The van der Waals surface area contributed by atoms with E-state index in [2.05, 4.69) is 39.3 Å². The molecule has 1 aliphatic rings. The Hall–Kier alpha value is -1.95. The van der Waals surface area contributed by atoms with Gasteiger partial charge in [0, 0.05) is 43.9 Å². The second kappa shape index (κ2) is 6.04. The van der Waals surface area contributed by atoms with E-state index in [1.807, 2.05) is 31.0 Å². The lowest BCUT2D eigenvalue weighted by Crippen LogP contribution is -2.20. The predicted molar refractivity (Wildman–Crippen MR) is 86.9 cm³/mol. The van der Waals surface area contributed by atoms with Crippen molar-refractivity contribution >= 4 is 5.82 Å². The molecule has 3 rings (SSSR count). The van der Waals surface area contributed by atoms with Gasteiger partial charge in [-0.15, -0.1) is 0 Å². The first-order chi connectivity index (χ1) is 10.5. The van der Waals surface area contributed by atoms with Crippen molar-refractivity contribution in [2.45, 2.75) is 32.7 Å². The van der Waals surface area contributed by atoms with Crippen LogP contribution < -0.4 is 5.32 Å². The molecule has 0 fully saturated rings. The number of fused-ring (bicyclic) bond motifs is 1. The molecule has 6 heteroatoms. The highest BCUT2D eigenvalue weighted by Gasteiger charge is 2.19. The number of nitrogens with zero attached hydrogens (tertiary/aromatic N) is 5. The van der Waals surface area contributed by atoms with E-state index in [-0.39, 0.29) is 6.04 Å². The standard InChI is InChI=1S/C16H24N6/c1-11(13-9-17-22(4)10-13)18-16-14-5-7-21(3)8-6-15(14)19-12(2)20-16/h9-11H,5-8H2,1-4H3,(H,18,19,20). The molecule has 1 unspecified atom stereocenters. The fourth-order valence-corrected chi connectivity index (χ4v) is 2.91. The lowest BCUT2D eigenvalue weighted by Gasteiger charge is -2.18. The van der Waals surface area contributed by atoms with Crippen LogP contribution in [0.5, 0.6) is 0 Å². The molecule has 1 N–H and O–H groups in total. The first kappa shape index (κ1) is 15.0. The maximum atomic E-state index is 4.66. The summed E-state index contributed by atoms with van der Waals surface area (Å²) in [5.74, 6) is 1.82. The van der Waals surface area contributed by atoms with Crippen molar-refractivity contribution in [2.24, 2.45) is 7.05 Å². The Kier molecular flexibility index (Phi) is 4.11. The molecule has 0 radical (unpaired) electrons. The highest BCUT2D eigenvalue weighted by molar-refractivity contribution is 5.49. The minimum atomic E-state index is 0.174. The SMILES string of the molecule is Cc1nc2c(c(NC(C)c3cnn(C)c3)n1)CCN(C)CC2. The van der Waals surface area contributed by atoms with E-state index >= 15 is 0 Å². The van der Waals surface area contributed by atoms with Gasteiger partial charge in [-0.25, -0.2) is 9.97 Å². The monoisotopic (exact) mass is 300 g/mol. The average Bonchev–Trinajstić information content (AvgIpc) is 2.81. The van der Waals surface area contributed by atoms with Gasteiger partial charge >= 0.3 is 0 Å². The van der Waals surface area contributed by atoms with Crippen LogP contribution in [-0.2, 0) is 19.9 Å². The summed E-state index contributed by atoms with van der Waals surface area (Å²) < 4.78 is 1.83. The quantitative estimate of drug-likeness (QED) is 0.935. The molecule has 2 aromatic rings. The number of anilines is 1. The van der Waals surface area contributed by atoms with Gasteiger partial charge in [-0.3, -0.25) is 4.68 Å². The molecule has 0 spiro atoms. The van der Waals surface area contributed by atoms with Crippen LogP contribution in [0.3, 0.4) is 0 Å². The van der Waals surface area contributed by atoms with Crippen molar-refractivity contribution < 1.29 is 0 Å². The molecule has 118 valence electrons. The highest BCUT2D eigenvalue weighted by Crippen LogP contribution is 2.25. The Morgan fingerprint density at radius 3 is 2.68 bits per heavy atom. The summed E-state index contributed by atoms with van der Waals surface area (Å²) in [6.45, 7) is 6.22. The Bertz CT molecular complexity index is 663. The van der Waals surface area contributed by atoms with E-state index in [0.29, 0.717) is 0 Å². The molecule has 0 saturated carbocycles. The lowest BCUT2D eigenvalue weighted by atomic mass is 10.1. The van der Waals surface area contributed by atoms with Crippen molar-refractivity contribution in [1.82, 2.24) is 24.6 Å². The summed E-state index contributed by atoms with van der Waals surface area (Å²) in [4.78, 5) is 11.7. The number of likely N-dealkylation sites (N-methyl/N-ethyl adjacent to an activating group) is 1. The van der Waals surface area contributed by atoms with Crippen LogP contribution in [0.4, 0.5) is 5.82 Å². The molecule has 0 bridgehead atoms. The van der Waals surface area contributed by atoms with Crippen molar-refractivity contribution in [3.8, 4) is 0 Å². The first-order valence-electron chi connectivity index (χ1n) is 7.83. The Balaban J connectivity index is 1.88. The summed E-state index contributed by atoms with van der Waals surface area (Å²) >= 11 is 0. The third kappa shape index (κ3) is 3.11. The smallest absolute Gasteiger partial charge is 0.133 e. The number of hydrogen-bond acceptors (Lipinski definition) is 5. The van der Waals surface area contributed by atoms with Gasteiger partial charge in [-0.05, 0) is 27.3 Å². The fourth-order valence-electron chi connectivity index (χ4n) is 2.91. The van der Waals surface area contributed by atoms with E-state index in [0.717, 1.165) is 37.6 Å². The topological polar surface area (TPSA) is 58.9 Å². The normalized spacial score (nSPS) is 16.9. The van der Waals surface area contributed by atoms with Crippen molar-refractivity contribution in [3.63, 3.8) is 0 Å². The summed E-state index contributed by atoms with van der Waals surface area (Å²) in [7, 11) is 4.10. The summed E-state index contributed by atoms with van der Waals surface area (Å²) in [6.07, 6.45) is 5.93. The zero-order valence-electron chi connectivity index (χ0n) is 13.8. The van der Waals surface area contributed by atoms with Crippen LogP contribution >= 0.6 is 0 Å². The number of rotatable bonds is 3. The molecular formula is C16H24N6. The summed E-state index contributed by atoms with van der Waals surface area (Å²) in [6, 6.07) is 0.174. The number of hydrogen-bond donors (Lipinski definition) is 1. The third-order valence-corrected chi connectivity index (χ3v) is 4.26. The molecule has 1 aliphatic heterocycles. The molecule has 0 aromatic carbocycles. The van der Waals surface area contributed by atoms with E-state index in [9.17, 15) is 0 Å². The van der Waals surface area contributed by atoms with Gasteiger partial charge in [0.2, 0.25) is 0 Å². The molecule has 0 amide bonds. The Labute approximate surface area is 131 Å². The molecule has 2 aromatic heterocycles. The van der Waals surface area contributed by atoms with Crippen LogP contribution in [0.25, 0.3) is 0 Å². The van der Waals surface area contributed by atoms with Gasteiger partial charge in [0.25, 0.3) is 0 Å². The summed E-state index contributed by atoms with van der Waals surface area (Å²) in [5, 5.41) is 7.81. The number of aromatic nitrogens is 4. The van der Waals surface area contributed by atoms with Crippen LogP contribution in [0.15, 0.2) is 12.4 Å². The molecule has 1 atom stereocenters. The largest absolute Gasteiger partial charge is 0.363 e. The van der Waals surface area contributed by atoms with Crippen LogP contribution in [-0.4, -0.2) is 44.8 Å². The second-order valence-corrected chi connectivity index (χ2v) is 6.16. The van der Waals surface area contributed by atoms with Gasteiger partial charge in [0.1, 0.15) is 11.6 Å². The summed E-state index contributed by atoms with van der Waals surface area (Å²) in [5.41, 5.74) is 3.63. The maximum absolute atomic E-state index is 4.66. The second-order valence-electron chi connectivity index (χ2n) is 6.16. The van der Waals surface area contributed by atoms with Crippen molar-refractivity contribution in [3.05, 3.63) is 35.0 Å². The van der Waals surface area contributed by atoms with E-state index in [1.54, 1.807) is 0 Å². The van der Waals surface area contributed by atoms with Gasteiger partial charge in [-0.2, -0.15) is 5.10 Å². The minimum absolute atomic E-state index is 0.174. The van der Waals surface area contributed by atoms with E-state index in [4.69, 9.17) is 0 Å². The zero-order chi connectivity index (χ0) is 15.7. The van der Waals surface area contributed by atoms with E-state index in [1.165, 1.54) is 16.8 Å². The van der Waals surface area contributed by atoms with Gasteiger partial charge in [0.05, 0.1) is 17.9 Å². The lowest BCUT2D eigenvalue weighted by molar-refractivity contribution is 0.352. The number of nitrogens with one attached hydrogen (secondary N) is 1. The molecule has 0 saturated heterocycles. The zero-order valence-corrected chi connectivity index (χ0v) is 13.8. The number of aryl methyl sites for hydroxylation is 2. The molecule has 6 nitrogen and oxygen atoms in total. The van der Waals surface area contributed by atoms with Gasteiger partial charge in [0.15, 0.2) is 0 Å². The molecule has 3 heterocycles. The minimum Gasteiger partial charge on any atom is -0.363 e. The fraction of sp³-hybridized carbons (Fsp3) is 0.562. The van der Waals surface area contributed by atoms with Crippen LogP contribution in [0.1, 0.15) is 35.6 Å². The Morgan fingerprint density at radius 2 is 1.95 bits per heavy atom. The van der Waals surface area contributed by atoms with Gasteiger partial charge in [-0.1, -0.05) is 0 Å². The average molecular weight is 300 g/mol. The van der Waals surface area contributed by atoms with Crippen molar-refractivity contribution in [1.29, 1.82) is 0 Å². The van der Waals surface area contributed by atoms with Crippen molar-refractivity contribution in [2.75, 3.05) is 25.5 Å². The molecule has 22 heavy (non-hydrogen) atoms. The van der Waals surface area contributed by atoms with Crippen LogP contribution in [0.2, 0.25) is 0 Å². The first-order valence-corrected chi connectivity index (χ1v) is 7.83. The van der Waals surface area contributed by atoms with E-state index < -0.39 is 0 Å².